The molecule has 1 aliphatic rings. The van der Waals surface area contributed by atoms with Gasteiger partial charge in [-0.05, 0) is 19.3 Å². The lowest BCUT2D eigenvalue weighted by Crippen LogP contribution is -2.52. The molecule has 6 heteroatoms. The summed E-state index contributed by atoms with van der Waals surface area (Å²) in [4.78, 5) is 10.2. The van der Waals surface area contributed by atoms with Crippen molar-refractivity contribution >= 4 is 5.97 Å². The minimum Gasteiger partial charge on any atom is -0.478 e. The highest BCUT2D eigenvalue weighted by atomic mass is 16.5. The first-order valence-electron chi connectivity index (χ1n) is 7.57. The number of carboxylic acid groups (broad SMARTS) is 1. The van der Waals surface area contributed by atoms with E-state index in [4.69, 9.17) is 9.84 Å². The van der Waals surface area contributed by atoms with E-state index in [9.17, 15) is 20.1 Å². The van der Waals surface area contributed by atoms with Crippen LogP contribution in [0, 0.1) is 0 Å². The number of hydrogen-bond acceptors (Lipinski definition) is 5. The second-order valence-corrected chi connectivity index (χ2v) is 5.51. The van der Waals surface area contributed by atoms with E-state index in [0.29, 0.717) is 6.42 Å². The number of carbonyl (C=O) groups is 1. The van der Waals surface area contributed by atoms with Gasteiger partial charge in [-0.3, -0.25) is 0 Å². The molecule has 4 atom stereocenters. The van der Waals surface area contributed by atoms with Crippen molar-refractivity contribution < 1.29 is 30.0 Å². The molecule has 1 aliphatic heterocycles. The molecule has 0 spiro atoms. The molecule has 21 heavy (non-hydrogen) atoms. The van der Waals surface area contributed by atoms with Crippen molar-refractivity contribution in [2.75, 3.05) is 6.61 Å². The van der Waals surface area contributed by atoms with Gasteiger partial charge in [0.2, 0.25) is 0 Å². The van der Waals surface area contributed by atoms with E-state index in [1.807, 2.05) is 0 Å². The van der Waals surface area contributed by atoms with Gasteiger partial charge in [-0.1, -0.05) is 31.8 Å². The number of rotatable bonds is 9. The van der Waals surface area contributed by atoms with Crippen LogP contribution in [0.2, 0.25) is 0 Å². The fourth-order valence-corrected chi connectivity index (χ4v) is 2.44. The minimum atomic E-state index is -1.12. The Kier molecular flexibility index (Phi) is 8.52. The Hall–Kier alpha value is -0.950. The largest absolute Gasteiger partial charge is 0.478 e. The van der Waals surface area contributed by atoms with Gasteiger partial charge in [0, 0.05) is 6.08 Å². The van der Waals surface area contributed by atoms with Crippen LogP contribution in [0.25, 0.3) is 0 Å². The average molecular weight is 302 g/mol. The number of carboxylic acids is 1. The van der Waals surface area contributed by atoms with Crippen molar-refractivity contribution in [3.05, 3.63) is 12.2 Å². The molecule has 0 aliphatic carbocycles. The molecule has 122 valence electrons. The van der Waals surface area contributed by atoms with E-state index in [-0.39, 0.29) is 6.61 Å². The molecule has 0 amide bonds. The summed E-state index contributed by atoms with van der Waals surface area (Å²) < 4.78 is 5.33. The number of aliphatic carboxylic acids is 1. The molecule has 1 heterocycles. The highest BCUT2D eigenvalue weighted by molar-refractivity contribution is 5.79. The quantitative estimate of drug-likeness (QED) is 0.371. The molecule has 1 unspecified atom stereocenters. The summed E-state index contributed by atoms with van der Waals surface area (Å²) in [6.45, 7) is 0.0683. The third kappa shape index (κ3) is 7.04. The molecule has 0 bridgehead atoms. The van der Waals surface area contributed by atoms with Gasteiger partial charge >= 0.3 is 5.97 Å². The van der Waals surface area contributed by atoms with E-state index in [1.54, 1.807) is 6.08 Å². The number of unbranched alkanes of at least 4 members (excludes halogenated alkanes) is 5. The van der Waals surface area contributed by atoms with Crippen molar-refractivity contribution in [1.29, 1.82) is 0 Å². The van der Waals surface area contributed by atoms with Crippen molar-refractivity contribution in [3.63, 3.8) is 0 Å². The van der Waals surface area contributed by atoms with Crippen molar-refractivity contribution in [1.82, 2.24) is 0 Å². The van der Waals surface area contributed by atoms with Crippen molar-refractivity contribution in [3.8, 4) is 0 Å². The lowest BCUT2D eigenvalue weighted by atomic mass is 9.96. The predicted molar refractivity (Wildman–Crippen MR) is 76.9 cm³/mol. The van der Waals surface area contributed by atoms with Gasteiger partial charge in [0.1, 0.15) is 18.3 Å². The van der Waals surface area contributed by atoms with Crippen LogP contribution in [-0.4, -0.2) is 57.4 Å². The molecule has 0 aromatic heterocycles. The van der Waals surface area contributed by atoms with Gasteiger partial charge in [-0.2, -0.15) is 0 Å². The normalized spacial score (nSPS) is 29.9. The first-order valence-corrected chi connectivity index (χ1v) is 7.57. The zero-order valence-electron chi connectivity index (χ0n) is 12.2. The number of aliphatic hydroxyl groups excluding tert-OH is 3. The summed E-state index contributed by atoms with van der Waals surface area (Å²) in [7, 11) is 0. The van der Waals surface area contributed by atoms with E-state index >= 15 is 0 Å². The maximum atomic E-state index is 10.2. The van der Waals surface area contributed by atoms with Crippen LogP contribution in [-0.2, 0) is 9.53 Å². The monoisotopic (exact) mass is 302 g/mol. The van der Waals surface area contributed by atoms with Crippen molar-refractivity contribution in [2.24, 2.45) is 0 Å². The lowest BCUT2D eigenvalue weighted by molar-refractivity contribution is -0.188. The number of aliphatic hydroxyl groups is 3. The topological polar surface area (TPSA) is 107 Å². The Bertz CT molecular complexity index is 330. The molecule has 1 rings (SSSR count). The highest BCUT2D eigenvalue weighted by Gasteiger charge is 2.36. The van der Waals surface area contributed by atoms with Gasteiger partial charge in [-0.15, -0.1) is 0 Å². The van der Waals surface area contributed by atoms with Gasteiger partial charge in [-0.25, -0.2) is 4.79 Å². The Balaban J connectivity index is 2.00. The summed E-state index contributed by atoms with van der Waals surface area (Å²) in [6, 6.07) is 0. The highest BCUT2D eigenvalue weighted by Crippen LogP contribution is 2.20. The number of ether oxygens (including phenoxy) is 1. The Morgan fingerprint density at radius 1 is 1.05 bits per heavy atom. The van der Waals surface area contributed by atoms with Gasteiger partial charge in [0.25, 0.3) is 0 Å². The Labute approximate surface area is 125 Å². The van der Waals surface area contributed by atoms with Crippen molar-refractivity contribution in [2.45, 2.75) is 69.4 Å². The molecule has 0 aromatic rings. The molecule has 6 nitrogen and oxygen atoms in total. The summed E-state index contributed by atoms with van der Waals surface area (Å²) in [5.74, 6) is -0.909. The zero-order valence-corrected chi connectivity index (χ0v) is 12.2. The zero-order chi connectivity index (χ0) is 15.7. The molecule has 0 saturated carbocycles. The molecule has 0 radical (unpaired) electrons. The van der Waals surface area contributed by atoms with Gasteiger partial charge in [0.05, 0.1) is 12.7 Å². The fraction of sp³-hybridized carbons (Fsp3) is 0.800. The first-order chi connectivity index (χ1) is 10.0. The summed E-state index contributed by atoms with van der Waals surface area (Å²) >= 11 is 0. The standard InChI is InChI=1S/C15H26O6/c16-11-10-21-12(15(20)14(11)19)8-6-4-2-1-3-5-7-9-13(17)18/h7,9,11-12,14-16,19-20H,1-6,8,10H2,(H,17,18)/t11-,12?,14+,15+/m1/s1. The van der Waals surface area contributed by atoms with Crippen LogP contribution in [0.3, 0.4) is 0 Å². The summed E-state index contributed by atoms with van der Waals surface area (Å²) in [5, 5.41) is 37.1. The maximum Gasteiger partial charge on any atom is 0.327 e. The second kappa shape index (κ2) is 9.89. The average Bonchev–Trinajstić information content (AvgIpc) is 2.45. The molecule has 4 N–H and O–H groups in total. The number of allylic oxidation sites excluding steroid dienone is 1. The van der Waals surface area contributed by atoms with Gasteiger partial charge < -0.3 is 25.2 Å². The van der Waals surface area contributed by atoms with Gasteiger partial charge in [0.15, 0.2) is 0 Å². The smallest absolute Gasteiger partial charge is 0.327 e. The second-order valence-electron chi connectivity index (χ2n) is 5.51. The van der Waals surface area contributed by atoms with E-state index in [0.717, 1.165) is 38.5 Å². The number of hydrogen-bond donors (Lipinski definition) is 4. The SMILES string of the molecule is O=C(O)C=CCCCCCCCC1OC[C@@H](O)[C@H](O)[C@H]1O. The third-order valence-electron chi connectivity index (χ3n) is 3.73. The van der Waals surface area contributed by atoms with Crippen LogP contribution >= 0.6 is 0 Å². The third-order valence-corrected chi connectivity index (χ3v) is 3.73. The molecular weight excluding hydrogens is 276 g/mol. The minimum absolute atomic E-state index is 0.0683. The van der Waals surface area contributed by atoms with Crippen LogP contribution < -0.4 is 0 Å². The van der Waals surface area contributed by atoms with E-state index in [1.165, 1.54) is 6.08 Å². The summed E-state index contributed by atoms with van der Waals surface area (Å²) in [6.07, 6.45) is 5.71. The van der Waals surface area contributed by atoms with Crippen LogP contribution in [0.15, 0.2) is 12.2 Å². The predicted octanol–water partition coefficient (Wildman–Crippen LogP) is 0.839. The van der Waals surface area contributed by atoms with Crippen LogP contribution in [0.1, 0.15) is 44.9 Å². The molecular formula is C15H26O6. The molecule has 1 saturated heterocycles. The first kappa shape index (κ1) is 18.1. The fourth-order valence-electron chi connectivity index (χ4n) is 2.44. The van der Waals surface area contributed by atoms with E-state index in [2.05, 4.69) is 0 Å². The Morgan fingerprint density at radius 3 is 2.43 bits per heavy atom. The van der Waals surface area contributed by atoms with Crippen LogP contribution in [0.4, 0.5) is 0 Å². The van der Waals surface area contributed by atoms with Crippen LogP contribution in [0.5, 0.6) is 0 Å². The Morgan fingerprint density at radius 2 is 1.71 bits per heavy atom. The van der Waals surface area contributed by atoms with E-state index < -0.39 is 30.4 Å². The molecule has 0 aromatic carbocycles. The maximum absolute atomic E-state index is 10.2. The lowest BCUT2D eigenvalue weighted by Gasteiger charge is -2.35. The summed E-state index contributed by atoms with van der Waals surface area (Å²) in [5.41, 5.74) is 0. The molecule has 1 fully saturated rings.